The molecule has 0 amide bonds. The highest BCUT2D eigenvalue weighted by molar-refractivity contribution is 5.42. The molecule has 21 heavy (non-hydrogen) atoms. The Morgan fingerprint density at radius 1 is 1.05 bits per heavy atom. The number of hydrogen-bond acceptors (Lipinski definition) is 2. The summed E-state index contributed by atoms with van der Waals surface area (Å²) in [4.78, 5) is 0. The van der Waals surface area contributed by atoms with Crippen molar-refractivity contribution < 1.29 is 27.4 Å². The average Bonchev–Trinajstić information content (AvgIpc) is 2.39. The van der Waals surface area contributed by atoms with Crippen LogP contribution in [0.4, 0.5) is 17.6 Å². The largest absolute Gasteiger partial charge is 0.573 e. The van der Waals surface area contributed by atoms with E-state index in [9.17, 15) is 22.7 Å². The Morgan fingerprint density at radius 2 is 1.71 bits per heavy atom. The number of alkyl halides is 3. The van der Waals surface area contributed by atoms with Gasteiger partial charge in [-0.2, -0.15) is 0 Å². The fraction of sp³-hybridized carbons (Fsp3) is 0.200. The molecule has 1 N–H and O–H groups in total. The fourth-order valence-corrected chi connectivity index (χ4v) is 2.00. The summed E-state index contributed by atoms with van der Waals surface area (Å²) < 4.78 is 54.3. The lowest BCUT2D eigenvalue weighted by Gasteiger charge is -2.18. The van der Waals surface area contributed by atoms with E-state index >= 15 is 0 Å². The number of halogens is 4. The number of ether oxygens (including phenoxy) is 1. The van der Waals surface area contributed by atoms with Crippen molar-refractivity contribution in [3.05, 3.63) is 65.0 Å². The molecule has 112 valence electrons. The van der Waals surface area contributed by atoms with Crippen LogP contribution in [0.3, 0.4) is 0 Å². The van der Waals surface area contributed by atoms with E-state index in [2.05, 4.69) is 4.74 Å². The SMILES string of the molecule is Cc1ccc(F)cc1C(O)c1ccccc1OC(F)(F)F. The Hall–Kier alpha value is -2.08. The summed E-state index contributed by atoms with van der Waals surface area (Å²) in [5, 5.41) is 10.3. The summed E-state index contributed by atoms with van der Waals surface area (Å²) in [7, 11) is 0. The van der Waals surface area contributed by atoms with Crippen molar-refractivity contribution in [3.63, 3.8) is 0 Å². The molecule has 0 aliphatic rings. The van der Waals surface area contributed by atoms with Gasteiger partial charge in [0.25, 0.3) is 0 Å². The fourth-order valence-electron chi connectivity index (χ4n) is 2.00. The third-order valence-corrected chi connectivity index (χ3v) is 2.98. The number of aliphatic hydroxyl groups is 1. The molecular weight excluding hydrogens is 288 g/mol. The topological polar surface area (TPSA) is 29.5 Å². The quantitative estimate of drug-likeness (QED) is 0.864. The molecule has 0 saturated carbocycles. The van der Waals surface area contributed by atoms with E-state index in [1.165, 1.54) is 30.3 Å². The molecule has 2 rings (SSSR count). The standard InChI is InChI=1S/C15H12F4O2/c1-9-6-7-10(16)8-12(9)14(20)11-4-2-3-5-13(11)21-15(17,18)19/h2-8,14,20H,1H3. The first-order chi connectivity index (χ1) is 9.78. The smallest absolute Gasteiger partial charge is 0.405 e. The molecule has 0 radical (unpaired) electrons. The van der Waals surface area contributed by atoms with Crippen LogP contribution in [0.5, 0.6) is 5.75 Å². The van der Waals surface area contributed by atoms with Crippen molar-refractivity contribution in [1.29, 1.82) is 0 Å². The molecule has 0 spiro atoms. The second-order valence-corrected chi connectivity index (χ2v) is 4.49. The number of rotatable bonds is 3. The highest BCUT2D eigenvalue weighted by atomic mass is 19.4. The molecule has 0 aliphatic carbocycles. The van der Waals surface area contributed by atoms with Crippen molar-refractivity contribution in [3.8, 4) is 5.75 Å². The molecule has 2 aromatic carbocycles. The van der Waals surface area contributed by atoms with Gasteiger partial charge in [0.2, 0.25) is 0 Å². The number of hydrogen-bond donors (Lipinski definition) is 1. The molecule has 2 nitrogen and oxygen atoms in total. The van der Waals surface area contributed by atoms with E-state index in [-0.39, 0.29) is 11.1 Å². The Bertz CT molecular complexity index is 638. The van der Waals surface area contributed by atoms with Crippen molar-refractivity contribution >= 4 is 0 Å². The van der Waals surface area contributed by atoms with Crippen LogP contribution in [-0.2, 0) is 0 Å². The maximum atomic E-state index is 13.3. The van der Waals surface area contributed by atoms with Crippen LogP contribution >= 0.6 is 0 Å². The lowest BCUT2D eigenvalue weighted by atomic mass is 9.97. The molecule has 1 unspecified atom stereocenters. The Morgan fingerprint density at radius 3 is 2.38 bits per heavy atom. The Labute approximate surface area is 118 Å². The van der Waals surface area contributed by atoms with Crippen LogP contribution in [-0.4, -0.2) is 11.5 Å². The molecule has 1 atom stereocenters. The molecule has 6 heteroatoms. The van der Waals surface area contributed by atoms with Crippen molar-refractivity contribution in [2.24, 2.45) is 0 Å². The first-order valence-electron chi connectivity index (χ1n) is 6.07. The van der Waals surface area contributed by atoms with Crippen molar-refractivity contribution in [2.75, 3.05) is 0 Å². The number of benzene rings is 2. The van der Waals surface area contributed by atoms with Gasteiger partial charge in [0, 0.05) is 5.56 Å². The van der Waals surface area contributed by atoms with Gasteiger partial charge in [-0.1, -0.05) is 24.3 Å². The first kappa shape index (κ1) is 15.3. The minimum atomic E-state index is -4.87. The number of aliphatic hydroxyl groups excluding tert-OH is 1. The van der Waals surface area contributed by atoms with Gasteiger partial charge in [-0.15, -0.1) is 13.2 Å². The number of aryl methyl sites for hydroxylation is 1. The summed E-state index contributed by atoms with van der Waals surface area (Å²) in [5.74, 6) is -1.09. The van der Waals surface area contributed by atoms with Crippen LogP contribution in [0, 0.1) is 12.7 Å². The zero-order valence-corrected chi connectivity index (χ0v) is 11.0. The maximum absolute atomic E-state index is 13.3. The predicted molar refractivity (Wildman–Crippen MR) is 68.3 cm³/mol. The highest BCUT2D eigenvalue weighted by Gasteiger charge is 2.33. The Kier molecular flexibility index (Phi) is 4.18. The molecule has 0 heterocycles. The molecule has 0 bridgehead atoms. The maximum Gasteiger partial charge on any atom is 0.573 e. The third kappa shape index (κ3) is 3.72. The van der Waals surface area contributed by atoms with E-state index in [4.69, 9.17) is 0 Å². The van der Waals surface area contributed by atoms with Crippen LogP contribution in [0.15, 0.2) is 42.5 Å². The van der Waals surface area contributed by atoms with Crippen LogP contribution in [0.25, 0.3) is 0 Å². The van der Waals surface area contributed by atoms with Crippen molar-refractivity contribution in [1.82, 2.24) is 0 Å². The van der Waals surface area contributed by atoms with Crippen LogP contribution in [0.2, 0.25) is 0 Å². The summed E-state index contributed by atoms with van der Waals surface area (Å²) in [5.41, 5.74) is 0.669. The Balaban J connectivity index is 2.44. The van der Waals surface area contributed by atoms with Gasteiger partial charge >= 0.3 is 6.36 Å². The lowest BCUT2D eigenvalue weighted by Crippen LogP contribution is -2.19. The zero-order chi connectivity index (χ0) is 15.6. The molecule has 2 aromatic rings. The number of para-hydroxylation sites is 1. The summed E-state index contributed by atoms with van der Waals surface area (Å²) in [6.07, 6.45) is -6.29. The summed E-state index contributed by atoms with van der Waals surface area (Å²) >= 11 is 0. The highest BCUT2D eigenvalue weighted by Crippen LogP contribution is 2.34. The second-order valence-electron chi connectivity index (χ2n) is 4.49. The van der Waals surface area contributed by atoms with E-state index in [0.717, 1.165) is 12.1 Å². The first-order valence-corrected chi connectivity index (χ1v) is 6.07. The van der Waals surface area contributed by atoms with Crippen LogP contribution in [0.1, 0.15) is 22.8 Å². The van der Waals surface area contributed by atoms with Gasteiger partial charge in [0.15, 0.2) is 0 Å². The van der Waals surface area contributed by atoms with E-state index < -0.39 is 24.0 Å². The normalized spacial score (nSPS) is 13.0. The zero-order valence-electron chi connectivity index (χ0n) is 11.0. The van der Waals surface area contributed by atoms with E-state index in [0.29, 0.717) is 5.56 Å². The molecular formula is C15H12F4O2. The van der Waals surface area contributed by atoms with Gasteiger partial charge in [-0.05, 0) is 36.2 Å². The predicted octanol–water partition coefficient (Wildman–Crippen LogP) is 4.11. The summed E-state index contributed by atoms with van der Waals surface area (Å²) in [6, 6.07) is 8.97. The van der Waals surface area contributed by atoms with Gasteiger partial charge in [0.1, 0.15) is 17.7 Å². The van der Waals surface area contributed by atoms with Gasteiger partial charge in [0.05, 0.1) is 0 Å². The molecule has 0 saturated heterocycles. The minimum absolute atomic E-state index is 0.0801. The van der Waals surface area contributed by atoms with Gasteiger partial charge in [-0.25, -0.2) is 4.39 Å². The third-order valence-electron chi connectivity index (χ3n) is 2.98. The van der Waals surface area contributed by atoms with Crippen LogP contribution < -0.4 is 4.74 Å². The monoisotopic (exact) mass is 300 g/mol. The van der Waals surface area contributed by atoms with Gasteiger partial charge in [-0.3, -0.25) is 0 Å². The minimum Gasteiger partial charge on any atom is -0.405 e. The molecule has 0 aliphatic heterocycles. The average molecular weight is 300 g/mol. The molecule has 0 fully saturated rings. The van der Waals surface area contributed by atoms with Gasteiger partial charge < -0.3 is 9.84 Å². The second kappa shape index (κ2) is 5.73. The molecule has 0 aromatic heterocycles. The summed E-state index contributed by atoms with van der Waals surface area (Å²) in [6.45, 7) is 1.63. The van der Waals surface area contributed by atoms with E-state index in [1.54, 1.807) is 6.92 Å². The lowest BCUT2D eigenvalue weighted by molar-refractivity contribution is -0.275. The van der Waals surface area contributed by atoms with E-state index in [1.807, 2.05) is 0 Å². The van der Waals surface area contributed by atoms with Crippen molar-refractivity contribution in [2.45, 2.75) is 19.4 Å².